The number of hydrogen-bond donors (Lipinski definition) is 2. The minimum atomic E-state index is -0.650. The fraction of sp³-hybridized carbons (Fsp3) is 0.562. The molecule has 0 aromatic heterocycles. The second kappa shape index (κ2) is 6.30. The van der Waals surface area contributed by atoms with Crippen molar-refractivity contribution in [3.8, 4) is 0 Å². The Hall–Kier alpha value is -1.53. The van der Waals surface area contributed by atoms with Gasteiger partial charge in [-0.15, -0.1) is 0 Å². The van der Waals surface area contributed by atoms with E-state index >= 15 is 0 Å². The van der Waals surface area contributed by atoms with E-state index in [2.05, 4.69) is 19.2 Å². The lowest BCUT2D eigenvalue weighted by Crippen LogP contribution is -2.56. The smallest absolute Gasteiger partial charge is 0.241 e. The van der Waals surface area contributed by atoms with E-state index in [0.29, 0.717) is 13.1 Å². The maximum absolute atomic E-state index is 13.6. The molecule has 1 amide bonds. The molecule has 6 heteroatoms. The van der Waals surface area contributed by atoms with Crippen LogP contribution in [0.5, 0.6) is 0 Å². The van der Waals surface area contributed by atoms with Crippen molar-refractivity contribution >= 4 is 11.6 Å². The van der Waals surface area contributed by atoms with Gasteiger partial charge in [0.1, 0.15) is 11.6 Å². The molecule has 1 heterocycles. The summed E-state index contributed by atoms with van der Waals surface area (Å²) in [7, 11) is 0. The highest BCUT2D eigenvalue weighted by Crippen LogP contribution is 2.29. The summed E-state index contributed by atoms with van der Waals surface area (Å²) in [5, 5.41) is 2.46. The predicted octanol–water partition coefficient (Wildman–Crippen LogP) is 2.35. The molecule has 1 saturated heterocycles. The van der Waals surface area contributed by atoms with Gasteiger partial charge in [0, 0.05) is 25.2 Å². The number of carbonyl (C=O) groups excluding carboxylic acids is 1. The van der Waals surface area contributed by atoms with Gasteiger partial charge in [-0.1, -0.05) is 13.8 Å². The summed E-state index contributed by atoms with van der Waals surface area (Å²) >= 11 is 0. The fourth-order valence-electron chi connectivity index (χ4n) is 2.74. The van der Waals surface area contributed by atoms with Gasteiger partial charge in [0.05, 0.1) is 11.7 Å². The van der Waals surface area contributed by atoms with Gasteiger partial charge in [-0.05, 0) is 30.9 Å². The van der Waals surface area contributed by atoms with Gasteiger partial charge in [0.25, 0.3) is 0 Å². The van der Waals surface area contributed by atoms with Crippen LogP contribution in [0.15, 0.2) is 18.2 Å². The molecule has 2 rings (SSSR count). The van der Waals surface area contributed by atoms with Crippen LogP contribution in [-0.4, -0.2) is 36.0 Å². The third-order valence-electron chi connectivity index (χ3n) is 4.46. The van der Waals surface area contributed by atoms with Crippen molar-refractivity contribution in [1.29, 1.82) is 0 Å². The number of carbonyl (C=O) groups is 1. The molecule has 3 N–H and O–H groups in total. The zero-order valence-electron chi connectivity index (χ0n) is 13.2. The van der Waals surface area contributed by atoms with Gasteiger partial charge in [-0.3, -0.25) is 9.69 Å². The zero-order chi connectivity index (χ0) is 16.5. The largest absolute Gasteiger partial charge is 0.327 e. The number of hydrogen-bond acceptors (Lipinski definition) is 3. The Kier molecular flexibility index (Phi) is 4.82. The van der Waals surface area contributed by atoms with Crippen LogP contribution in [0.4, 0.5) is 14.5 Å². The Labute approximate surface area is 129 Å². The topological polar surface area (TPSA) is 58.4 Å². The predicted molar refractivity (Wildman–Crippen MR) is 82.4 cm³/mol. The van der Waals surface area contributed by atoms with Gasteiger partial charge >= 0.3 is 0 Å². The number of nitrogens with zero attached hydrogens (tertiary/aromatic N) is 1. The molecular weight excluding hydrogens is 288 g/mol. The summed E-state index contributed by atoms with van der Waals surface area (Å²) in [6.07, 6.45) is 0.805. The number of anilines is 1. The maximum Gasteiger partial charge on any atom is 0.241 e. The molecule has 4 nitrogen and oxygen atoms in total. The van der Waals surface area contributed by atoms with E-state index < -0.39 is 17.7 Å². The first kappa shape index (κ1) is 16.8. The quantitative estimate of drug-likeness (QED) is 0.901. The molecule has 1 aliphatic heterocycles. The van der Waals surface area contributed by atoms with Crippen LogP contribution < -0.4 is 11.1 Å². The lowest BCUT2D eigenvalue weighted by Gasteiger charge is -2.44. The molecule has 2 atom stereocenters. The molecule has 0 bridgehead atoms. The fourth-order valence-corrected chi connectivity index (χ4v) is 2.74. The van der Waals surface area contributed by atoms with E-state index in [9.17, 15) is 13.6 Å². The van der Waals surface area contributed by atoms with Gasteiger partial charge in [0.15, 0.2) is 0 Å². The number of nitrogens with one attached hydrogen (secondary N) is 1. The summed E-state index contributed by atoms with van der Waals surface area (Å²) in [6.45, 7) is 7.31. The Morgan fingerprint density at radius 3 is 2.77 bits per heavy atom. The van der Waals surface area contributed by atoms with Crippen LogP contribution in [0.1, 0.15) is 27.2 Å². The van der Waals surface area contributed by atoms with Crippen molar-refractivity contribution in [1.82, 2.24) is 4.90 Å². The van der Waals surface area contributed by atoms with E-state index in [0.717, 1.165) is 24.6 Å². The van der Waals surface area contributed by atoms with Crippen molar-refractivity contribution in [3.05, 3.63) is 29.8 Å². The average Bonchev–Trinajstić information content (AvgIpc) is 2.45. The van der Waals surface area contributed by atoms with Crippen molar-refractivity contribution in [2.45, 2.75) is 39.3 Å². The molecule has 1 fully saturated rings. The van der Waals surface area contributed by atoms with Crippen LogP contribution in [0, 0.1) is 17.0 Å². The molecule has 1 aromatic carbocycles. The minimum absolute atomic E-state index is 0.0864. The van der Waals surface area contributed by atoms with Crippen LogP contribution in [0.25, 0.3) is 0 Å². The van der Waals surface area contributed by atoms with Gasteiger partial charge in [-0.2, -0.15) is 0 Å². The molecule has 0 radical (unpaired) electrons. The first-order valence-corrected chi connectivity index (χ1v) is 7.46. The highest BCUT2D eigenvalue weighted by Gasteiger charge is 2.36. The first-order valence-electron chi connectivity index (χ1n) is 7.46. The molecule has 2 unspecified atom stereocenters. The van der Waals surface area contributed by atoms with E-state index in [1.807, 2.05) is 4.90 Å². The third kappa shape index (κ3) is 3.62. The average molecular weight is 311 g/mol. The number of rotatable bonds is 3. The van der Waals surface area contributed by atoms with Crippen LogP contribution in [0.2, 0.25) is 0 Å². The Morgan fingerprint density at radius 1 is 1.45 bits per heavy atom. The standard InChI is InChI=1S/C16H23F2N3O/c1-10(21-7-6-14(19)16(2,3)9-21)15(22)20-13-8-11(17)4-5-12(13)18/h4-5,8,10,14H,6-7,9,19H2,1-3H3,(H,20,22). The van der Waals surface area contributed by atoms with E-state index in [1.165, 1.54) is 0 Å². The number of halogens is 2. The summed E-state index contributed by atoms with van der Waals surface area (Å²) < 4.78 is 26.8. The van der Waals surface area contributed by atoms with Gasteiger partial charge in [-0.25, -0.2) is 8.78 Å². The maximum atomic E-state index is 13.6. The molecule has 0 aliphatic carbocycles. The van der Waals surface area contributed by atoms with E-state index in [1.54, 1.807) is 6.92 Å². The lowest BCUT2D eigenvalue weighted by atomic mass is 9.79. The summed E-state index contributed by atoms with van der Waals surface area (Å²) in [5.74, 6) is -1.59. The summed E-state index contributed by atoms with van der Waals surface area (Å²) in [6, 6.07) is 2.66. The number of piperidine rings is 1. The Morgan fingerprint density at radius 2 is 2.14 bits per heavy atom. The molecule has 0 spiro atoms. The summed E-state index contributed by atoms with van der Waals surface area (Å²) in [4.78, 5) is 14.3. The molecular formula is C16H23F2N3O. The van der Waals surface area contributed by atoms with E-state index in [-0.39, 0.29) is 23.1 Å². The van der Waals surface area contributed by atoms with E-state index in [4.69, 9.17) is 5.73 Å². The first-order chi connectivity index (χ1) is 10.2. The second-order valence-corrected chi connectivity index (χ2v) is 6.64. The second-order valence-electron chi connectivity index (χ2n) is 6.64. The molecule has 0 saturated carbocycles. The monoisotopic (exact) mass is 311 g/mol. The minimum Gasteiger partial charge on any atom is -0.327 e. The number of nitrogens with two attached hydrogens (primary N) is 1. The SMILES string of the molecule is CC(C(=O)Nc1cc(F)ccc1F)N1CCC(N)C(C)(C)C1. The Bertz CT molecular complexity index is 562. The number of benzene rings is 1. The van der Waals surface area contributed by atoms with Gasteiger partial charge < -0.3 is 11.1 Å². The highest BCUT2D eigenvalue weighted by atomic mass is 19.1. The zero-order valence-corrected chi connectivity index (χ0v) is 13.2. The molecule has 22 heavy (non-hydrogen) atoms. The van der Waals surface area contributed by atoms with Crippen LogP contribution >= 0.6 is 0 Å². The van der Waals surface area contributed by atoms with Crippen molar-refractivity contribution < 1.29 is 13.6 Å². The molecule has 1 aliphatic rings. The number of amides is 1. The van der Waals surface area contributed by atoms with Crippen molar-refractivity contribution in [2.75, 3.05) is 18.4 Å². The third-order valence-corrected chi connectivity index (χ3v) is 4.46. The highest BCUT2D eigenvalue weighted by molar-refractivity contribution is 5.94. The van der Waals surface area contributed by atoms with Crippen LogP contribution in [0.3, 0.4) is 0 Å². The lowest BCUT2D eigenvalue weighted by molar-refractivity contribution is -0.122. The van der Waals surface area contributed by atoms with Crippen LogP contribution in [-0.2, 0) is 4.79 Å². The van der Waals surface area contributed by atoms with Crippen molar-refractivity contribution in [2.24, 2.45) is 11.1 Å². The molecule has 1 aromatic rings. The number of likely N-dealkylation sites (tertiary alicyclic amines) is 1. The van der Waals surface area contributed by atoms with Gasteiger partial charge in [0.2, 0.25) is 5.91 Å². The Balaban J connectivity index is 2.05. The molecule has 122 valence electrons. The normalized spacial score (nSPS) is 23.1. The van der Waals surface area contributed by atoms with Crippen molar-refractivity contribution in [3.63, 3.8) is 0 Å². The summed E-state index contributed by atoms with van der Waals surface area (Å²) in [5.41, 5.74) is 5.87.